The fraction of sp³-hybridized carbons (Fsp3) is 0.333. The van der Waals surface area contributed by atoms with Crippen molar-refractivity contribution in [2.24, 2.45) is 0 Å². The number of carbonyl (C=O) groups excluding carboxylic acids is 1. The Balaban J connectivity index is 2.21. The van der Waals surface area contributed by atoms with Crippen LogP contribution in [0.2, 0.25) is 0 Å². The van der Waals surface area contributed by atoms with Crippen molar-refractivity contribution < 1.29 is 9.32 Å². The van der Waals surface area contributed by atoms with Gasteiger partial charge in [-0.1, -0.05) is 18.1 Å². The second kappa shape index (κ2) is 4.86. The van der Waals surface area contributed by atoms with Gasteiger partial charge >= 0.3 is 0 Å². The number of ketones is 1. The molecule has 0 aliphatic rings. The molecule has 0 unspecified atom stereocenters. The van der Waals surface area contributed by atoms with E-state index in [1.165, 1.54) is 0 Å². The molecule has 17 heavy (non-hydrogen) atoms. The zero-order chi connectivity index (χ0) is 12.3. The summed E-state index contributed by atoms with van der Waals surface area (Å²) in [5.74, 6) is 0.847. The first-order valence-electron chi connectivity index (χ1n) is 5.47. The van der Waals surface area contributed by atoms with Crippen LogP contribution in [0.25, 0.3) is 11.5 Å². The highest BCUT2D eigenvalue weighted by molar-refractivity contribution is 5.79. The molecule has 0 atom stereocenters. The monoisotopic (exact) mass is 231 g/mol. The molecule has 5 heteroatoms. The van der Waals surface area contributed by atoms with Crippen LogP contribution in [0.15, 0.2) is 22.7 Å². The van der Waals surface area contributed by atoms with Crippen molar-refractivity contribution >= 4 is 5.78 Å². The van der Waals surface area contributed by atoms with Gasteiger partial charge in [-0.3, -0.25) is 4.79 Å². The van der Waals surface area contributed by atoms with Crippen LogP contribution >= 0.6 is 0 Å². The Kier molecular flexibility index (Phi) is 3.27. The molecular weight excluding hydrogens is 218 g/mol. The summed E-state index contributed by atoms with van der Waals surface area (Å²) in [6.45, 7) is 3.70. The smallest absolute Gasteiger partial charge is 0.234 e. The van der Waals surface area contributed by atoms with E-state index in [4.69, 9.17) is 4.52 Å². The SMILES string of the molecule is CCC(=O)Cc1nc(-c2cccc(C)n2)no1. The first-order valence-corrected chi connectivity index (χ1v) is 5.47. The second-order valence-electron chi connectivity index (χ2n) is 3.74. The minimum absolute atomic E-state index is 0.0809. The number of nitrogens with zero attached hydrogens (tertiary/aromatic N) is 3. The minimum atomic E-state index is 0.0809. The maximum atomic E-state index is 11.2. The fourth-order valence-electron chi connectivity index (χ4n) is 1.39. The van der Waals surface area contributed by atoms with E-state index in [0.717, 1.165) is 5.69 Å². The number of hydrogen-bond acceptors (Lipinski definition) is 5. The molecule has 0 radical (unpaired) electrons. The number of carbonyl (C=O) groups is 1. The molecule has 0 amide bonds. The van der Waals surface area contributed by atoms with Gasteiger partial charge in [0.1, 0.15) is 11.5 Å². The predicted molar refractivity (Wildman–Crippen MR) is 61.3 cm³/mol. The van der Waals surface area contributed by atoms with Crippen molar-refractivity contribution in [3.05, 3.63) is 29.8 Å². The molecule has 0 aliphatic carbocycles. The van der Waals surface area contributed by atoms with Gasteiger partial charge in [0.2, 0.25) is 11.7 Å². The molecule has 2 aromatic rings. The quantitative estimate of drug-likeness (QED) is 0.804. The van der Waals surface area contributed by atoms with E-state index in [2.05, 4.69) is 15.1 Å². The molecule has 0 fully saturated rings. The van der Waals surface area contributed by atoms with Crippen molar-refractivity contribution in [1.29, 1.82) is 0 Å². The van der Waals surface area contributed by atoms with Crippen LogP contribution in [-0.4, -0.2) is 20.9 Å². The highest BCUT2D eigenvalue weighted by Crippen LogP contribution is 2.13. The van der Waals surface area contributed by atoms with Crippen LogP contribution in [0.5, 0.6) is 0 Å². The maximum Gasteiger partial charge on any atom is 0.234 e. The molecule has 0 aliphatic heterocycles. The summed E-state index contributed by atoms with van der Waals surface area (Å²) in [6, 6.07) is 5.58. The zero-order valence-corrected chi connectivity index (χ0v) is 9.80. The Bertz CT molecular complexity index is 534. The number of aromatic nitrogens is 3. The van der Waals surface area contributed by atoms with Crippen LogP contribution in [0.3, 0.4) is 0 Å². The Morgan fingerprint density at radius 3 is 2.88 bits per heavy atom. The minimum Gasteiger partial charge on any atom is -0.338 e. The van der Waals surface area contributed by atoms with Gasteiger partial charge in [0, 0.05) is 12.1 Å². The molecule has 88 valence electrons. The zero-order valence-electron chi connectivity index (χ0n) is 9.80. The van der Waals surface area contributed by atoms with Gasteiger partial charge in [0.25, 0.3) is 0 Å². The molecule has 0 bridgehead atoms. The summed E-state index contributed by atoms with van der Waals surface area (Å²) in [6.07, 6.45) is 0.662. The summed E-state index contributed by atoms with van der Waals surface area (Å²) in [5, 5.41) is 3.81. The number of aryl methyl sites for hydroxylation is 1. The number of pyridine rings is 1. The van der Waals surface area contributed by atoms with Gasteiger partial charge in [-0.05, 0) is 19.1 Å². The second-order valence-corrected chi connectivity index (χ2v) is 3.74. The Hall–Kier alpha value is -2.04. The molecule has 0 aromatic carbocycles. The molecule has 0 N–H and O–H groups in total. The van der Waals surface area contributed by atoms with Crippen molar-refractivity contribution in [2.45, 2.75) is 26.7 Å². The van der Waals surface area contributed by atoms with Gasteiger partial charge in [-0.2, -0.15) is 4.98 Å². The average Bonchev–Trinajstić information content (AvgIpc) is 2.77. The van der Waals surface area contributed by atoms with Crippen molar-refractivity contribution in [2.75, 3.05) is 0 Å². The largest absolute Gasteiger partial charge is 0.338 e. The lowest BCUT2D eigenvalue weighted by Gasteiger charge is -1.94. The Morgan fingerprint density at radius 2 is 2.18 bits per heavy atom. The topological polar surface area (TPSA) is 68.9 Å². The summed E-state index contributed by atoms with van der Waals surface area (Å²) in [4.78, 5) is 19.7. The maximum absolute atomic E-state index is 11.2. The summed E-state index contributed by atoms with van der Waals surface area (Å²) in [5.41, 5.74) is 1.54. The van der Waals surface area contributed by atoms with Gasteiger partial charge in [-0.15, -0.1) is 0 Å². The normalized spacial score (nSPS) is 10.5. The van der Waals surface area contributed by atoms with Crippen LogP contribution in [-0.2, 0) is 11.2 Å². The average molecular weight is 231 g/mol. The lowest BCUT2D eigenvalue weighted by molar-refractivity contribution is -0.118. The van der Waals surface area contributed by atoms with Crippen molar-refractivity contribution in [3.8, 4) is 11.5 Å². The summed E-state index contributed by atoms with van der Waals surface area (Å²) >= 11 is 0. The number of Topliss-reactive ketones (excluding diaryl/α,β-unsaturated/α-hetero) is 1. The van der Waals surface area contributed by atoms with Gasteiger partial charge < -0.3 is 4.52 Å². The number of hydrogen-bond donors (Lipinski definition) is 0. The molecule has 0 saturated carbocycles. The Morgan fingerprint density at radius 1 is 1.35 bits per heavy atom. The Labute approximate surface area is 98.9 Å². The van der Waals surface area contributed by atoms with Crippen LogP contribution < -0.4 is 0 Å². The van der Waals surface area contributed by atoms with E-state index < -0.39 is 0 Å². The standard InChI is InChI=1S/C12H13N3O2/c1-3-9(16)7-11-14-12(15-17-11)10-6-4-5-8(2)13-10/h4-6H,3,7H2,1-2H3. The molecule has 2 heterocycles. The van der Waals surface area contributed by atoms with Crippen molar-refractivity contribution in [1.82, 2.24) is 15.1 Å². The first kappa shape index (κ1) is 11.4. The lowest BCUT2D eigenvalue weighted by Crippen LogP contribution is -2.00. The highest BCUT2D eigenvalue weighted by atomic mass is 16.5. The molecule has 2 rings (SSSR count). The predicted octanol–water partition coefficient (Wildman–Crippen LogP) is 1.96. The van der Waals surface area contributed by atoms with Crippen LogP contribution in [0.1, 0.15) is 24.9 Å². The summed E-state index contributed by atoms with van der Waals surface area (Å²) < 4.78 is 5.01. The highest BCUT2D eigenvalue weighted by Gasteiger charge is 2.12. The number of rotatable bonds is 4. The third-order valence-corrected chi connectivity index (χ3v) is 2.33. The third kappa shape index (κ3) is 2.75. The van der Waals surface area contributed by atoms with E-state index in [0.29, 0.717) is 23.8 Å². The molecule has 5 nitrogen and oxygen atoms in total. The van der Waals surface area contributed by atoms with E-state index in [1.54, 1.807) is 0 Å². The van der Waals surface area contributed by atoms with Gasteiger partial charge in [0.15, 0.2) is 0 Å². The fourth-order valence-corrected chi connectivity index (χ4v) is 1.39. The molecular formula is C12H13N3O2. The molecule has 0 saturated heterocycles. The van der Waals surface area contributed by atoms with E-state index in [9.17, 15) is 4.79 Å². The first-order chi connectivity index (χ1) is 8.19. The third-order valence-electron chi connectivity index (χ3n) is 2.33. The van der Waals surface area contributed by atoms with E-state index in [1.807, 2.05) is 32.0 Å². The van der Waals surface area contributed by atoms with Gasteiger partial charge in [-0.25, -0.2) is 4.98 Å². The van der Waals surface area contributed by atoms with Gasteiger partial charge in [0.05, 0.1) is 6.42 Å². The lowest BCUT2D eigenvalue weighted by atomic mass is 10.2. The van der Waals surface area contributed by atoms with Crippen molar-refractivity contribution in [3.63, 3.8) is 0 Å². The van der Waals surface area contributed by atoms with Crippen LogP contribution in [0.4, 0.5) is 0 Å². The van der Waals surface area contributed by atoms with E-state index in [-0.39, 0.29) is 12.2 Å². The molecule has 2 aromatic heterocycles. The molecule has 0 spiro atoms. The van der Waals surface area contributed by atoms with Crippen LogP contribution in [0, 0.1) is 6.92 Å². The van der Waals surface area contributed by atoms with E-state index >= 15 is 0 Å². The summed E-state index contributed by atoms with van der Waals surface area (Å²) in [7, 11) is 0.